The van der Waals surface area contributed by atoms with Crippen molar-refractivity contribution in [2.45, 2.75) is 140 Å². The third-order valence-corrected chi connectivity index (χ3v) is 17.4. The van der Waals surface area contributed by atoms with Gasteiger partial charge in [0.1, 0.15) is 0 Å². The maximum Gasteiger partial charge on any atom is 0.261 e. The fourth-order valence-electron chi connectivity index (χ4n) is 8.35. The standard InChI is InChI=1S/C27H47P2.C12H10N.C5H5.CH4O3S.Fe.Pd/c1-21(29(26(2,3)4)27(5,6)7)24-19-14-20-25(24)28(22-15-10-8-11-16-22)23-17-12-9-13-18-23;13-12-9-5-4-8-11(12)10-6-2-1-3-7-10;1-2-4-5-3-1;1-5(2,3)4;;/h14,19-23H,8-13,15-18H2,1-7H3;1-6,8-9H,13H2;1-5H;1H3,(H,2,3,4);;/q;-1;;;;/t21-;;;;;/m1...../s1. The molecule has 4 aliphatic rings. The third kappa shape index (κ3) is 18.4. The zero-order valence-corrected chi connectivity index (χ0v) is 39.1. The molecule has 4 nitrogen and oxygen atoms in total. The molecule has 0 heterocycles. The first-order valence-electron chi connectivity index (χ1n) is 19.2. The average Bonchev–Trinajstić information content (AvgIpc) is 3.82. The Balaban J connectivity index is 0.000000477. The Morgan fingerprint density at radius 1 is 0.741 bits per heavy atom. The van der Waals surface area contributed by atoms with Crippen molar-refractivity contribution in [2.75, 3.05) is 12.0 Å². The van der Waals surface area contributed by atoms with Gasteiger partial charge in [-0.15, -0.1) is 35.9 Å². The summed E-state index contributed by atoms with van der Waals surface area (Å²) in [6.07, 6.45) is 33.2. The van der Waals surface area contributed by atoms with Crippen LogP contribution in [0.2, 0.25) is 0 Å². The summed E-state index contributed by atoms with van der Waals surface area (Å²) in [5.41, 5.74) is 13.3. The van der Waals surface area contributed by atoms with Crippen LogP contribution in [0, 0.1) is 69.0 Å². The van der Waals surface area contributed by atoms with Crippen LogP contribution in [0.3, 0.4) is 0 Å². The molecule has 54 heavy (non-hydrogen) atoms. The summed E-state index contributed by atoms with van der Waals surface area (Å²) in [7, 11) is -3.78. The van der Waals surface area contributed by atoms with Gasteiger partial charge >= 0.3 is 0 Å². The number of hydrogen-bond acceptors (Lipinski definition) is 3. The minimum absolute atomic E-state index is 0. The summed E-state index contributed by atoms with van der Waals surface area (Å²) >= 11 is 0. The monoisotopic (exact) mass is 924 g/mol. The van der Waals surface area contributed by atoms with Gasteiger partial charge in [-0.05, 0) is 122 Å². The van der Waals surface area contributed by atoms with Crippen molar-refractivity contribution in [3.63, 3.8) is 0 Å². The molecule has 10 radical (unpaired) electrons. The summed E-state index contributed by atoms with van der Waals surface area (Å²) < 4.78 is 25.9. The molecule has 0 aliphatic heterocycles. The Hall–Kier alpha value is 0.192. The van der Waals surface area contributed by atoms with E-state index >= 15 is 0 Å². The first-order valence-corrected chi connectivity index (χ1v) is 24.0. The van der Waals surface area contributed by atoms with E-state index in [1.54, 1.807) is 5.92 Å². The third-order valence-electron chi connectivity index (χ3n) is 9.84. The van der Waals surface area contributed by atoms with E-state index in [0.717, 1.165) is 28.1 Å². The van der Waals surface area contributed by atoms with Gasteiger partial charge in [0.25, 0.3) is 10.1 Å². The summed E-state index contributed by atoms with van der Waals surface area (Å²) in [6, 6.07) is 18.8. The van der Waals surface area contributed by atoms with Crippen molar-refractivity contribution in [3.05, 3.63) is 118 Å². The zero-order chi connectivity index (χ0) is 38.4. The topological polar surface area (TPSA) is 80.4 Å². The van der Waals surface area contributed by atoms with Gasteiger partial charge < -0.3 is 5.73 Å². The molecule has 2 aromatic rings. The number of benzene rings is 2. The van der Waals surface area contributed by atoms with E-state index < -0.39 is 10.1 Å². The smallest absolute Gasteiger partial charge is 0.261 e. The molecule has 6 rings (SSSR count). The largest absolute Gasteiger partial charge is 0.406 e. The van der Waals surface area contributed by atoms with Gasteiger partial charge in [0.15, 0.2) is 0 Å². The van der Waals surface area contributed by atoms with Crippen LogP contribution in [0.5, 0.6) is 0 Å². The number of nitrogen functional groups attached to an aromatic ring is 1. The number of anilines is 1. The summed E-state index contributed by atoms with van der Waals surface area (Å²) in [5.74, 6) is 1.75. The van der Waals surface area contributed by atoms with Gasteiger partial charge in [-0.25, -0.2) is 0 Å². The summed E-state index contributed by atoms with van der Waals surface area (Å²) in [6.45, 7) is 17.5. The van der Waals surface area contributed by atoms with E-state index in [1.165, 1.54) is 64.2 Å². The maximum absolute atomic E-state index is 9.19. The van der Waals surface area contributed by atoms with Gasteiger partial charge in [-0.3, -0.25) is 4.55 Å². The van der Waals surface area contributed by atoms with Gasteiger partial charge in [0.2, 0.25) is 0 Å². The summed E-state index contributed by atoms with van der Waals surface area (Å²) in [5, 5.41) is 0.778. The second kappa shape index (κ2) is 25.6. The van der Waals surface area contributed by atoms with E-state index in [1.807, 2.05) is 86.3 Å². The van der Waals surface area contributed by atoms with Crippen LogP contribution in [0.25, 0.3) is 11.1 Å². The first-order chi connectivity index (χ1) is 24.5. The van der Waals surface area contributed by atoms with Gasteiger partial charge in [0, 0.05) is 43.2 Å². The Morgan fingerprint density at radius 3 is 1.59 bits per heavy atom. The number of nitrogens with two attached hydrogens (primary N) is 1. The van der Waals surface area contributed by atoms with Crippen molar-refractivity contribution in [2.24, 2.45) is 0 Å². The normalized spacial score (nSPS) is 19.6. The van der Waals surface area contributed by atoms with Crippen LogP contribution in [-0.4, -0.2) is 46.5 Å². The molecule has 0 unspecified atom stereocenters. The molecule has 2 aromatic carbocycles. The van der Waals surface area contributed by atoms with Crippen molar-refractivity contribution in [3.8, 4) is 11.1 Å². The molecule has 304 valence electrons. The van der Waals surface area contributed by atoms with Crippen LogP contribution in [0.4, 0.5) is 5.69 Å². The molecule has 9 heteroatoms. The Kier molecular flexibility index (Phi) is 24.8. The van der Waals surface area contributed by atoms with E-state index in [2.05, 4.69) is 73.8 Å². The minimum atomic E-state index is -3.67. The number of para-hydroxylation sites is 1. The van der Waals surface area contributed by atoms with Crippen LogP contribution >= 0.6 is 15.8 Å². The van der Waals surface area contributed by atoms with Crippen LogP contribution in [0.15, 0.2) is 48.5 Å². The van der Waals surface area contributed by atoms with Crippen LogP contribution in [0.1, 0.15) is 113 Å². The van der Waals surface area contributed by atoms with Crippen molar-refractivity contribution >= 4 is 31.6 Å². The molecule has 0 amide bonds. The minimum Gasteiger partial charge on any atom is -0.406 e. The molecule has 0 saturated heterocycles. The van der Waals surface area contributed by atoms with Gasteiger partial charge in [-0.1, -0.05) is 127 Å². The molecule has 0 bridgehead atoms. The maximum atomic E-state index is 9.19. The molecule has 3 N–H and O–H groups in total. The molecular weight excluding hydrogens is 859 g/mol. The van der Waals surface area contributed by atoms with Crippen molar-refractivity contribution in [1.29, 1.82) is 0 Å². The second-order valence-electron chi connectivity index (χ2n) is 16.3. The quantitative estimate of drug-likeness (QED) is 0.0994. The Bertz CT molecular complexity index is 1340. The van der Waals surface area contributed by atoms with Crippen LogP contribution in [-0.2, 0) is 47.6 Å². The zero-order valence-electron chi connectivity index (χ0n) is 33.9. The van der Waals surface area contributed by atoms with Gasteiger partial charge in [-0.2, -0.15) is 8.42 Å². The second-order valence-corrected chi connectivity index (χ2v) is 24.7. The van der Waals surface area contributed by atoms with E-state index in [4.69, 9.17) is 10.3 Å². The molecule has 0 aromatic heterocycles. The molecule has 0 spiro atoms. The summed E-state index contributed by atoms with van der Waals surface area (Å²) in [4.78, 5) is 0. The SMILES string of the molecule is CS(=O)(=O)O.C[C@H]([C]1[CH][CH][CH][C]1P(C1CCCCC1)C1CCCCC1)P(C(C)(C)C)C(C)(C)C.Nc1ccccc1-c1[c-]cccc1.[CH]1[CH][CH][CH][CH]1.[Fe].[Pd]. The molecule has 4 aliphatic carbocycles. The van der Waals surface area contributed by atoms with Crippen molar-refractivity contribution < 1.29 is 50.5 Å². The van der Waals surface area contributed by atoms with Crippen molar-refractivity contribution in [1.82, 2.24) is 0 Å². The average molecular weight is 925 g/mol. The Morgan fingerprint density at radius 2 is 1.19 bits per heavy atom. The fraction of sp³-hybridized carbons (Fsp3) is 0.511. The number of hydrogen-bond donors (Lipinski definition) is 2. The fourth-order valence-corrected chi connectivity index (χ4v) is 17.3. The van der Waals surface area contributed by atoms with Crippen LogP contribution < -0.4 is 5.73 Å². The predicted molar refractivity (Wildman–Crippen MR) is 230 cm³/mol. The molecular formula is C45H66FeNO3P2PdS-. The van der Waals surface area contributed by atoms with E-state index in [0.29, 0.717) is 22.2 Å². The van der Waals surface area contributed by atoms with E-state index in [9.17, 15) is 8.42 Å². The first kappa shape index (κ1) is 52.2. The van der Waals surface area contributed by atoms with E-state index in [-0.39, 0.29) is 53.3 Å². The molecule has 4 saturated carbocycles. The molecule has 1 atom stereocenters. The molecule has 4 fully saturated rings. The number of rotatable bonds is 6. The Labute approximate surface area is 360 Å². The predicted octanol–water partition coefficient (Wildman–Crippen LogP) is 12.6. The van der Waals surface area contributed by atoms with Gasteiger partial charge in [0.05, 0.1) is 6.26 Å².